The Morgan fingerprint density at radius 2 is 1.21 bits per heavy atom. The van der Waals surface area contributed by atoms with Gasteiger partial charge in [-0.1, -0.05) is 0 Å². The van der Waals surface area contributed by atoms with Crippen molar-refractivity contribution in [3.05, 3.63) is 103 Å². The number of allylic oxidation sites excluding steroid dienone is 2. The molecule has 0 aliphatic rings. The summed E-state index contributed by atoms with van der Waals surface area (Å²) in [7, 11) is 0. The maximum atomic E-state index is 14.8. The van der Waals surface area contributed by atoms with Gasteiger partial charge >= 0.3 is 183 Å². The fraction of sp³-hybridized carbons (Fsp3) is 0.231. The van der Waals surface area contributed by atoms with Gasteiger partial charge in [0.15, 0.2) is 0 Å². The van der Waals surface area contributed by atoms with Crippen molar-refractivity contribution in [2.45, 2.75) is 32.6 Å². The Labute approximate surface area is 182 Å². The van der Waals surface area contributed by atoms with Crippen LogP contribution in [0.4, 0.5) is 4.39 Å². The number of hydrogen-bond donors (Lipinski definition) is 0. The number of rotatable bonds is 9. The Kier molecular flexibility index (Phi) is 7.44. The van der Waals surface area contributed by atoms with Gasteiger partial charge < -0.3 is 0 Å². The van der Waals surface area contributed by atoms with Crippen LogP contribution in [0.1, 0.15) is 32.6 Å². The zero-order valence-electron chi connectivity index (χ0n) is 17.0. The van der Waals surface area contributed by atoms with E-state index in [4.69, 9.17) is 0 Å². The van der Waals surface area contributed by atoms with Crippen molar-refractivity contribution in [3.63, 3.8) is 0 Å². The summed E-state index contributed by atoms with van der Waals surface area (Å²) in [4.78, 5) is 0. The summed E-state index contributed by atoms with van der Waals surface area (Å²) in [6.45, 7) is 2.14. The molecule has 0 aliphatic heterocycles. The van der Waals surface area contributed by atoms with E-state index in [0.717, 1.165) is 19.3 Å². The second kappa shape index (κ2) is 9.83. The summed E-state index contributed by atoms with van der Waals surface area (Å²) in [6, 6.07) is 31.7. The van der Waals surface area contributed by atoms with Crippen molar-refractivity contribution in [3.8, 4) is 0 Å². The summed E-state index contributed by atoms with van der Waals surface area (Å²) >= 11 is 4.36. The molecule has 3 heteroatoms. The molecule has 0 unspecified atom stereocenters. The summed E-state index contributed by atoms with van der Waals surface area (Å²) in [5, 5.41) is 0.685. The molecule has 0 aromatic heterocycles. The molecular weight excluding hydrogens is 442 g/mol. The molecule has 0 nitrogen and oxygen atoms in total. The molecule has 0 bridgehead atoms. The average Bonchev–Trinajstić information content (AvgIpc) is 2.79. The van der Waals surface area contributed by atoms with E-state index in [1.807, 2.05) is 18.2 Å². The van der Waals surface area contributed by atoms with Crippen LogP contribution in [0.3, 0.4) is 0 Å². The van der Waals surface area contributed by atoms with Crippen molar-refractivity contribution in [2.24, 2.45) is 0 Å². The molecule has 3 aromatic rings. The van der Waals surface area contributed by atoms with E-state index in [9.17, 15) is 4.39 Å². The van der Waals surface area contributed by atoms with Crippen molar-refractivity contribution >= 4 is 36.7 Å². The van der Waals surface area contributed by atoms with E-state index in [1.165, 1.54) is 15.9 Å². The van der Waals surface area contributed by atoms with Crippen LogP contribution in [-0.2, 0) is 0 Å². The predicted molar refractivity (Wildman–Crippen MR) is 132 cm³/mol. The van der Waals surface area contributed by atoms with Gasteiger partial charge in [0.25, 0.3) is 0 Å². The Bertz CT molecular complexity index is 823. The first kappa shape index (κ1) is 21.9. The van der Waals surface area contributed by atoms with Crippen LogP contribution in [0.5, 0.6) is 0 Å². The van der Waals surface area contributed by atoms with Crippen molar-refractivity contribution in [1.82, 2.24) is 0 Å². The molecule has 0 aliphatic carbocycles. The van der Waals surface area contributed by atoms with Gasteiger partial charge in [0.1, 0.15) is 0 Å². The summed E-state index contributed by atoms with van der Waals surface area (Å²) in [5.41, 5.74) is 0. The molecule has 29 heavy (non-hydrogen) atoms. The molecule has 0 heterocycles. The molecule has 0 N–H and O–H groups in total. The number of unbranched alkanes of at least 4 members (excludes halogenated alkanes) is 2. The normalized spacial score (nSPS) is 13.6. The average molecular weight is 471 g/mol. The standard InChI is InChI=1S/C26H29BrFP/c1-2-3-7-14-23(28)21-22-29(27,24-15-8-4-9-16-24,25-17-10-5-11-18-25)26-19-12-6-13-20-26/h4-6,8-20H,2-3,7,21-22H2,1H3. The van der Waals surface area contributed by atoms with Crippen LogP contribution in [-0.4, -0.2) is 6.16 Å². The maximum absolute atomic E-state index is 14.8. The van der Waals surface area contributed by atoms with Crippen molar-refractivity contribution in [2.75, 3.05) is 6.16 Å². The first-order valence-electron chi connectivity index (χ1n) is 10.3. The van der Waals surface area contributed by atoms with E-state index in [2.05, 4.69) is 95.2 Å². The second-order valence-electron chi connectivity index (χ2n) is 7.46. The minimum atomic E-state index is -3.02. The second-order valence-corrected chi connectivity index (χ2v) is 16.5. The zero-order chi connectivity index (χ0) is 20.6. The van der Waals surface area contributed by atoms with Gasteiger partial charge in [-0.25, -0.2) is 0 Å². The van der Waals surface area contributed by atoms with Gasteiger partial charge in [0.2, 0.25) is 0 Å². The van der Waals surface area contributed by atoms with Gasteiger partial charge in [-0.3, -0.25) is 0 Å². The Morgan fingerprint density at radius 1 is 0.793 bits per heavy atom. The van der Waals surface area contributed by atoms with E-state index < -0.39 is 5.31 Å². The van der Waals surface area contributed by atoms with Crippen LogP contribution < -0.4 is 15.9 Å². The topological polar surface area (TPSA) is 0 Å². The first-order chi connectivity index (χ1) is 14.1. The van der Waals surface area contributed by atoms with Crippen LogP contribution in [0, 0.1) is 0 Å². The molecule has 0 fully saturated rings. The van der Waals surface area contributed by atoms with Gasteiger partial charge in [-0.2, -0.15) is 0 Å². The number of hydrogen-bond acceptors (Lipinski definition) is 0. The van der Waals surface area contributed by atoms with E-state index in [1.54, 1.807) is 6.08 Å². The Morgan fingerprint density at radius 3 is 1.59 bits per heavy atom. The van der Waals surface area contributed by atoms with Crippen LogP contribution in [0.15, 0.2) is 103 Å². The van der Waals surface area contributed by atoms with Crippen LogP contribution in [0.25, 0.3) is 0 Å². The Balaban J connectivity index is 2.18. The molecule has 3 rings (SSSR count). The van der Waals surface area contributed by atoms with Crippen LogP contribution in [0.2, 0.25) is 0 Å². The number of benzene rings is 3. The molecule has 0 radical (unpaired) electrons. The fourth-order valence-corrected chi connectivity index (χ4v) is 11.3. The monoisotopic (exact) mass is 470 g/mol. The number of halogens is 2. The molecule has 0 spiro atoms. The molecule has 0 saturated heterocycles. The molecule has 152 valence electrons. The van der Waals surface area contributed by atoms with Gasteiger partial charge in [-0.05, 0) is 0 Å². The molecule has 0 saturated carbocycles. The van der Waals surface area contributed by atoms with Gasteiger partial charge in [-0.15, -0.1) is 0 Å². The molecule has 3 aromatic carbocycles. The summed E-state index contributed by atoms with van der Waals surface area (Å²) in [5.74, 6) is -0.00491. The van der Waals surface area contributed by atoms with Crippen LogP contribution >= 0.6 is 20.8 Å². The SMILES string of the molecule is CCCCC=C(F)CCP(Br)(c1ccccc1)(c1ccccc1)c1ccccc1. The van der Waals surface area contributed by atoms with E-state index >= 15 is 0 Å². The fourth-order valence-electron chi connectivity index (χ4n) is 3.93. The van der Waals surface area contributed by atoms with Crippen molar-refractivity contribution in [1.29, 1.82) is 0 Å². The third-order valence-corrected chi connectivity index (χ3v) is 15.5. The van der Waals surface area contributed by atoms with Crippen molar-refractivity contribution < 1.29 is 4.39 Å². The third kappa shape index (κ3) is 4.55. The quantitative estimate of drug-likeness (QED) is 0.228. The molecular formula is C26H29BrFP. The van der Waals surface area contributed by atoms with Gasteiger partial charge in [0, 0.05) is 0 Å². The Hall–Kier alpha value is -1.76. The summed E-state index contributed by atoms with van der Waals surface area (Å²) in [6.07, 6.45) is 5.83. The third-order valence-electron chi connectivity index (χ3n) is 5.58. The predicted octanol–water partition coefficient (Wildman–Crippen LogP) is 7.26. The molecule has 0 amide bonds. The van der Waals surface area contributed by atoms with E-state index in [-0.39, 0.29) is 5.83 Å². The van der Waals surface area contributed by atoms with E-state index in [0.29, 0.717) is 12.6 Å². The first-order valence-corrected chi connectivity index (χ1v) is 14.8. The van der Waals surface area contributed by atoms with Gasteiger partial charge in [0.05, 0.1) is 0 Å². The summed E-state index contributed by atoms with van der Waals surface area (Å²) < 4.78 is 14.8. The minimum absolute atomic E-state index is 0.00491. The zero-order valence-corrected chi connectivity index (χ0v) is 19.5. The molecule has 0 atom stereocenters.